The van der Waals surface area contributed by atoms with E-state index in [0.717, 1.165) is 23.6 Å². The Labute approximate surface area is 92.6 Å². The van der Waals surface area contributed by atoms with Crippen LogP contribution < -0.4 is 0 Å². The molecule has 74 valence electrons. The van der Waals surface area contributed by atoms with Gasteiger partial charge >= 0.3 is 0 Å². The van der Waals surface area contributed by atoms with E-state index in [2.05, 4.69) is 28.1 Å². The first-order valence-corrected chi connectivity index (χ1v) is 5.70. The molecule has 0 saturated heterocycles. The van der Waals surface area contributed by atoms with Crippen LogP contribution in [0.25, 0.3) is 0 Å². The second kappa shape index (κ2) is 3.50. The average molecular weight is 253 g/mol. The van der Waals surface area contributed by atoms with E-state index >= 15 is 0 Å². The lowest BCUT2D eigenvalue weighted by Gasteiger charge is -2.18. The highest BCUT2D eigenvalue weighted by molar-refractivity contribution is 9.10. The topological polar surface area (TPSA) is 17.1 Å². The number of carbonyl (C=O) groups is 1. The summed E-state index contributed by atoms with van der Waals surface area (Å²) < 4.78 is 1.09. The monoisotopic (exact) mass is 252 g/mol. The normalized spacial score (nSPS) is 20.1. The van der Waals surface area contributed by atoms with Crippen LogP contribution in [-0.2, 0) is 10.2 Å². The lowest BCUT2D eigenvalue weighted by Crippen LogP contribution is -2.18. The molecule has 0 amide bonds. The van der Waals surface area contributed by atoms with Gasteiger partial charge in [-0.25, -0.2) is 0 Å². The van der Waals surface area contributed by atoms with Gasteiger partial charge in [0, 0.05) is 15.8 Å². The fourth-order valence-electron chi connectivity index (χ4n) is 2.05. The van der Waals surface area contributed by atoms with E-state index < -0.39 is 0 Å². The van der Waals surface area contributed by atoms with Gasteiger partial charge in [-0.2, -0.15) is 0 Å². The molecule has 0 spiro atoms. The fraction of sp³-hybridized carbons (Fsp3) is 0.417. The molecular weight excluding hydrogens is 240 g/mol. The fourth-order valence-corrected chi connectivity index (χ4v) is 2.32. The van der Waals surface area contributed by atoms with E-state index in [1.54, 1.807) is 0 Å². The SMILES string of the molecule is CC(C=O)C1(c2ccc(Br)cc2)CC1. The molecule has 1 fully saturated rings. The highest BCUT2D eigenvalue weighted by Gasteiger charge is 2.48. The van der Waals surface area contributed by atoms with E-state index in [0.29, 0.717) is 0 Å². The highest BCUT2D eigenvalue weighted by Crippen LogP contribution is 2.53. The average Bonchev–Trinajstić information content (AvgIpc) is 2.99. The molecule has 2 heteroatoms. The summed E-state index contributed by atoms with van der Waals surface area (Å²) in [5.74, 6) is 0.142. The van der Waals surface area contributed by atoms with E-state index in [1.165, 1.54) is 5.56 Å². The van der Waals surface area contributed by atoms with Gasteiger partial charge < -0.3 is 4.79 Å². The molecule has 1 aromatic carbocycles. The van der Waals surface area contributed by atoms with Crippen molar-refractivity contribution in [3.05, 3.63) is 34.3 Å². The first-order valence-electron chi connectivity index (χ1n) is 4.90. The zero-order chi connectivity index (χ0) is 10.2. The van der Waals surface area contributed by atoms with Gasteiger partial charge in [0.1, 0.15) is 6.29 Å². The maximum atomic E-state index is 10.8. The van der Waals surface area contributed by atoms with Crippen molar-refractivity contribution in [2.24, 2.45) is 5.92 Å². The summed E-state index contributed by atoms with van der Waals surface area (Å²) >= 11 is 3.42. The lowest BCUT2D eigenvalue weighted by molar-refractivity contribution is -0.111. The molecule has 0 aliphatic heterocycles. The Morgan fingerprint density at radius 1 is 1.36 bits per heavy atom. The summed E-state index contributed by atoms with van der Waals surface area (Å²) in [7, 11) is 0. The zero-order valence-corrected chi connectivity index (χ0v) is 9.75. The molecule has 1 unspecified atom stereocenters. The predicted molar refractivity (Wildman–Crippen MR) is 60.3 cm³/mol. The minimum Gasteiger partial charge on any atom is -0.303 e. The number of aldehydes is 1. The first-order chi connectivity index (χ1) is 6.69. The number of hydrogen-bond acceptors (Lipinski definition) is 1. The van der Waals surface area contributed by atoms with Crippen molar-refractivity contribution < 1.29 is 4.79 Å². The summed E-state index contributed by atoms with van der Waals surface area (Å²) in [4.78, 5) is 10.8. The molecule has 1 aliphatic rings. The standard InChI is InChI=1S/C12H13BrO/c1-9(8-14)12(6-7-12)10-2-4-11(13)5-3-10/h2-5,8-9H,6-7H2,1H3. The molecule has 2 rings (SSSR count). The van der Waals surface area contributed by atoms with Gasteiger partial charge in [-0.3, -0.25) is 0 Å². The summed E-state index contributed by atoms with van der Waals surface area (Å²) in [6, 6.07) is 8.34. The summed E-state index contributed by atoms with van der Waals surface area (Å²) in [6.07, 6.45) is 3.37. The van der Waals surface area contributed by atoms with E-state index in [1.807, 2.05) is 19.1 Å². The Balaban J connectivity index is 2.30. The third kappa shape index (κ3) is 1.52. The van der Waals surface area contributed by atoms with Crippen LogP contribution in [0.2, 0.25) is 0 Å². The first kappa shape index (κ1) is 9.91. The smallest absolute Gasteiger partial charge is 0.123 e. The second-order valence-electron chi connectivity index (χ2n) is 4.09. The highest BCUT2D eigenvalue weighted by atomic mass is 79.9. The molecule has 0 N–H and O–H groups in total. The van der Waals surface area contributed by atoms with Gasteiger partial charge in [-0.15, -0.1) is 0 Å². The Morgan fingerprint density at radius 3 is 2.36 bits per heavy atom. The third-order valence-corrected chi connectivity index (χ3v) is 3.81. The van der Waals surface area contributed by atoms with Crippen molar-refractivity contribution >= 4 is 22.2 Å². The number of hydrogen-bond donors (Lipinski definition) is 0. The van der Waals surface area contributed by atoms with Crippen LogP contribution in [0.1, 0.15) is 25.3 Å². The molecule has 1 aliphatic carbocycles. The van der Waals surface area contributed by atoms with Crippen LogP contribution in [0, 0.1) is 5.92 Å². The Kier molecular flexibility index (Phi) is 2.48. The summed E-state index contributed by atoms with van der Waals surface area (Å²) in [5, 5.41) is 0. The maximum Gasteiger partial charge on any atom is 0.123 e. The van der Waals surface area contributed by atoms with E-state index in [9.17, 15) is 4.79 Å². The molecule has 1 aromatic rings. The molecular formula is C12H13BrO. The van der Waals surface area contributed by atoms with Gasteiger partial charge in [0.15, 0.2) is 0 Å². The van der Waals surface area contributed by atoms with Crippen LogP contribution >= 0.6 is 15.9 Å². The summed E-state index contributed by atoms with van der Waals surface area (Å²) in [6.45, 7) is 2.02. The van der Waals surface area contributed by atoms with Crippen molar-refractivity contribution in [1.82, 2.24) is 0 Å². The number of rotatable bonds is 3. The molecule has 0 radical (unpaired) electrons. The van der Waals surface area contributed by atoms with Crippen molar-refractivity contribution in [1.29, 1.82) is 0 Å². The number of halogens is 1. The van der Waals surface area contributed by atoms with Gasteiger partial charge in [-0.1, -0.05) is 35.0 Å². The van der Waals surface area contributed by atoms with Crippen molar-refractivity contribution in [2.45, 2.75) is 25.2 Å². The minimum absolute atomic E-state index is 0.142. The van der Waals surface area contributed by atoms with E-state index in [-0.39, 0.29) is 11.3 Å². The molecule has 0 heterocycles. The minimum atomic E-state index is 0.142. The van der Waals surface area contributed by atoms with Crippen molar-refractivity contribution in [3.8, 4) is 0 Å². The predicted octanol–water partition coefficient (Wildman–Crippen LogP) is 3.32. The Bertz CT molecular complexity index is 338. The molecule has 14 heavy (non-hydrogen) atoms. The van der Waals surface area contributed by atoms with Crippen LogP contribution in [-0.4, -0.2) is 6.29 Å². The largest absolute Gasteiger partial charge is 0.303 e. The van der Waals surface area contributed by atoms with E-state index in [4.69, 9.17) is 0 Å². The maximum absolute atomic E-state index is 10.8. The van der Waals surface area contributed by atoms with Crippen LogP contribution in [0.15, 0.2) is 28.7 Å². The Hall–Kier alpha value is -0.630. The zero-order valence-electron chi connectivity index (χ0n) is 8.16. The Morgan fingerprint density at radius 2 is 1.93 bits per heavy atom. The van der Waals surface area contributed by atoms with Gasteiger partial charge in [0.05, 0.1) is 0 Å². The van der Waals surface area contributed by atoms with Gasteiger partial charge in [0.25, 0.3) is 0 Å². The number of carbonyl (C=O) groups excluding carboxylic acids is 1. The molecule has 1 atom stereocenters. The molecule has 0 bridgehead atoms. The lowest BCUT2D eigenvalue weighted by atomic mass is 9.85. The van der Waals surface area contributed by atoms with Crippen LogP contribution in [0.4, 0.5) is 0 Å². The quantitative estimate of drug-likeness (QED) is 0.755. The van der Waals surface area contributed by atoms with Gasteiger partial charge in [-0.05, 0) is 30.5 Å². The summed E-state index contributed by atoms with van der Waals surface area (Å²) in [5.41, 5.74) is 1.46. The number of benzene rings is 1. The third-order valence-electron chi connectivity index (χ3n) is 3.28. The molecule has 1 saturated carbocycles. The van der Waals surface area contributed by atoms with Crippen LogP contribution in [0.3, 0.4) is 0 Å². The van der Waals surface area contributed by atoms with Crippen molar-refractivity contribution in [3.63, 3.8) is 0 Å². The molecule has 0 aromatic heterocycles. The van der Waals surface area contributed by atoms with Gasteiger partial charge in [0.2, 0.25) is 0 Å². The molecule has 1 nitrogen and oxygen atoms in total. The van der Waals surface area contributed by atoms with Crippen molar-refractivity contribution in [2.75, 3.05) is 0 Å². The second-order valence-corrected chi connectivity index (χ2v) is 5.00. The van der Waals surface area contributed by atoms with Crippen LogP contribution in [0.5, 0.6) is 0 Å².